The maximum absolute atomic E-state index is 5.66. The topological polar surface area (TPSA) is 38.1 Å². The van der Waals surface area contributed by atoms with E-state index in [9.17, 15) is 0 Å². The molecule has 2 aromatic carbocycles. The molecule has 0 aliphatic heterocycles. The number of nitrogens with zero attached hydrogens (tertiary/aromatic N) is 1. The van der Waals surface area contributed by atoms with Crippen molar-refractivity contribution in [3.63, 3.8) is 0 Å². The highest BCUT2D eigenvalue weighted by Gasteiger charge is 2.21. The molecule has 0 saturated heterocycles. The first-order valence-corrected chi connectivity index (χ1v) is 7.57. The molecule has 1 unspecified atom stereocenters. The summed E-state index contributed by atoms with van der Waals surface area (Å²) >= 11 is 0. The average Bonchev–Trinajstić information content (AvgIpc) is 3.11. The number of aryl methyl sites for hydroxylation is 2. The Hall–Kier alpha value is -2.29. The van der Waals surface area contributed by atoms with Crippen LogP contribution in [0.1, 0.15) is 36.4 Å². The van der Waals surface area contributed by atoms with E-state index in [4.69, 9.17) is 4.42 Å². The van der Waals surface area contributed by atoms with Crippen molar-refractivity contribution in [1.29, 1.82) is 0 Å². The van der Waals surface area contributed by atoms with Crippen molar-refractivity contribution >= 4 is 16.8 Å². The molecular formula is C18H18N2O. The number of hydrogen-bond donors (Lipinski definition) is 1. The van der Waals surface area contributed by atoms with Gasteiger partial charge in [-0.05, 0) is 42.2 Å². The van der Waals surface area contributed by atoms with Crippen molar-refractivity contribution in [2.75, 3.05) is 5.32 Å². The van der Waals surface area contributed by atoms with Crippen LogP contribution >= 0.6 is 0 Å². The molecule has 0 saturated carbocycles. The molecule has 4 rings (SSSR count). The molecule has 3 nitrogen and oxygen atoms in total. The van der Waals surface area contributed by atoms with Gasteiger partial charge in [0.25, 0.3) is 0 Å². The van der Waals surface area contributed by atoms with Crippen molar-refractivity contribution in [2.45, 2.75) is 32.2 Å². The van der Waals surface area contributed by atoms with Gasteiger partial charge in [0.1, 0.15) is 5.52 Å². The maximum Gasteiger partial charge on any atom is 0.195 e. The Kier molecular flexibility index (Phi) is 2.92. The van der Waals surface area contributed by atoms with Gasteiger partial charge in [-0.15, -0.1) is 0 Å². The molecule has 0 fully saturated rings. The van der Waals surface area contributed by atoms with Gasteiger partial charge >= 0.3 is 0 Å². The Morgan fingerprint density at radius 1 is 1.24 bits per heavy atom. The summed E-state index contributed by atoms with van der Waals surface area (Å²) in [6, 6.07) is 15.3. The maximum atomic E-state index is 5.66. The van der Waals surface area contributed by atoms with Gasteiger partial charge in [0.05, 0.1) is 6.04 Å². The summed E-state index contributed by atoms with van der Waals surface area (Å²) in [6.45, 7) is 2.05. The van der Waals surface area contributed by atoms with E-state index in [0.717, 1.165) is 41.9 Å². The zero-order chi connectivity index (χ0) is 14.2. The van der Waals surface area contributed by atoms with Crippen LogP contribution < -0.4 is 5.32 Å². The fraction of sp³-hybridized carbons (Fsp3) is 0.278. The van der Waals surface area contributed by atoms with Crippen LogP contribution in [-0.4, -0.2) is 4.98 Å². The summed E-state index contributed by atoms with van der Waals surface area (Å²) in [4.78, 5) is 4.50. The van der Waals surface area contributed by atoms with Gasteiger partial charge in [-0.25, -0.2) is 4.98 Å². The predicted molar refractivity (Wildman–Crippen MR) is 84.5 cm³/mol. The molecule has 0 bridgehead atoms. The van der Waals surface area contributed by atoms with E-state index in [1.807, 2.05) is 6.07 Å². The van der Waals surface area contributed by atoms with Gasteiger partial charge in [-0.2, -0.15) is 0 Å². The normalized spacial score (nSPS) is 17.1. The van der Waals surface area contributed by atoms with E-state index in [1.54, 1.807) is 0 Å². The number of nitrogens with one attached hydrogen (secondary N) is 1. The molecule has 1 heterocycles. The molecule has 1 atom stereocenters. The minimum absolute atomic E-state index is 0.399. The van der Waals surface area contributed by atoms with Crippen molar-refractivity contribution in [3.8, 4) is 0 Å². The molecule has 1 aliphatic rings. The zero-order valence-corrected chi connectivity index (χ0v) is 12.1. The average molecular weight is 278 g/mol. The second-order valence-corrected chi connectivity index (χ2v) is 5.58. The first-order valence-electron chi connectivity index (χ1n) is 7.57. The Morgan fingerprint density at radius 3 is 3.05 bits per heavy atom. The first kappa shape index (κ1) is 12.5. The molecular weight excluding hydrogens is 260 g/mol. The highest BCUT2D eigenvalue weighted by Crippen LogP contribution is 2.34. The largest absolute Gasteiger partial charge is 0.441 e. The Morgan fingerprint density at radius 2 is 2.14 bits per heavy atom. The van der Waals surface area contributed by atoms with E-state index < -0.39 is 0 Å². The standard InChI is InChI=1S/C18H18N2O/c1-2-18-20-16-11-13(8-10-17(16)21-18)19-15-9-7-12-5-3-4-6-14(12)15/h3-6,8,10-11,15,19H,2,7,9H2,1H3. The van der Waals surface area contributed by atoms with E-state index in [2.05, 4.69) is 53.6 Å². The van der Waals surface area contributed by atoms with Gasteiger partial charge < -0.3 is 9.73 Å². The smallest absolute Gasteiger partial charge is 0.195 e. The van der Waals surface area contributed by atoms with Crippen molar-refractivity contribution in [2.24, 2.45) is 0 Å². The molecule has 1 aromatic heterocycles. The number of hydrogen-bond acceptors (Lipinski definition) is 3. The third-order valence-corrected chi connectivity index (χ3v) is 4.21. The SMILES string of the molecule is CCc1nc2cc(NC3CCc4ccccc43)ccc2o1. The zero-order valence-electron chi connectivity index (χ0n) is 12.1. The van der Waals surface area contributed by atoms with Crippen LogP contribution in [0.3, 0.4) is 0 Å². The number of anilines is 1. The monoisotopic (exact) mass is 278 g/mol. The van der Waals surface area contributed by atoms with Crippen LogP contribution in [0, 0.1) is 0 Å². The molecule has 1 N–H and O–H groups in total. The third kappa shape index (κ3) is 2.19. The second kappa shape index (κ2) is 4.92. The fourth-order valence-corrected chi connectivity index (χ4v) is 3.12. The number of rotatable bonds is 3. The quantitative estimate of drug-likeness (QED) is 0.767. The van der Waals surface area contributed by atoms with Crippen molar-refractivity contribution in [3.05, 3.63) is 59.5 Å². The molecule has 0 spiro atoms. The van der Waals surface area contributed by atoms with Crippen LogP contribution in [-0.2, 0) is 12.8 Å². The third-order valence-electron chi connectivity index (χ3n) is 4.21. The van der Waals surface area contributed by atoms with Gasteiger partial charge in [-0.1, -0.05) is 31.2 Å². The second-order valence-electron chi connectivity index (χ2n) is 5.58. The summed E-state index contributed by atoms with van der Waals surface area (Å²) in [5, 5.41) is 3.63. The number of fused-ring (bicyclic) bond motifs is 2. The molecule has 1 aliphatic carbocycles. The van der Waals surface area contributed by atoms with E-state index in [-0.39, 0.29) is 0 Å². The lowest BCUT2D eigenvalue weighted by molar-refractivity contribution is 0.538. The van der Waals surface area contributed by atoms with Crippen molar-refractivity contribution < 1.29 is 4.42 Å². The molecule has 21 heavy (non-hydrogen) atoms. The Bertz CT molecular complexity index is 791. The van der Waals surface area contributed by atoms with Crippen LogP contribution in [0.4, 0.5) is 5.69 Å². The summed E-state index contributed by atoms with van der Waals surface area (Å²) in [5.74, 6) is 0.799. The summed E-state index contributed by atoms with van der Waals surface area (Å²) in [7, 11) is 0. The summed E-state index contributed by atoms with van der Waals surface area (Å²) in [5.41, 5.74) is 5.80. The Balaban J connectivity index is 1.63. The highest BCUT2D eigenvalue weighted by atomic mass is 16.3. The molecule has 0 amide bonds. The number of aromatic nitrogens is 1. The van der Waals surface area contributed by atoms with Gasteiger partial charge in [0, 0.05) is 12.1 Å². The minimum Gasteiger partial charge on any atom is -0.441 e. The Labute approximate surface area is 124 Å². The van der Waals surface area contributed by atoms with Crippen molar-refractivity contribution in [1.82, 2.24) is 4.98 Å². The molecule has 3 aromatic rings. The van der Waals surface area contributed by atoms with Gasteiger partial charge in [0.2, 0.25) is 0 Å². The van der Waals surface area contributed by atoms with Crippen LogP contribution in [0.5, 0.6) is 0 Å². The van der Waals surface area contributed by atoms with E-state index in [1.165, 1.54) is 11.1 Å². The lowest BCUT2D eigenvalue weighted by atomic mass is 10.1. The predicted octanol–water partition coefficient (Wildman–Crippen LogP) is 4.49. The highest BCUT2D eigenvalue weighted by molar-refractivity contribution is 5.77. The summed E-state index contributed by atoms with van der Waals surface area (Å²) < 4.78 is 5.66. The van der Waals surface area contributed by atoms with E-state index >= 15 is 0 Å². The number of benzene rings is 2. The molecule has 106 valence electrons. The van der Waals surface area contributed by atoms with Crippen LogP contribution in [0.2, 0.25) is 0 Å². The lowest BCUT2D eigenvalue weighted by Gasteiger charge is -2.15. The fourth-order valence-electron chi connectivity index (χ4n) is 3.12. The van der Waals surface area contributed by atoms with Crippen LogP contribution in [0.25, 0.3) is 11.1 Å². The lowest BCUT2D eigenvalue weighted by Crippen LogP contribution is -2.06. The summed E-state index contributed by atoms with van der Waals surface area (Å²) in [6.07, 6.45) is 3.13. The number of oxazole rings is 1. The molecule has 3 heteroatoms. The molecule has 0 radical (unpaired) electrons. The van der Waals surface area contributed by atoms with Gasteiger partial charge in [0.15, 0.2) is 11.5 Å². The van der Waals surface area contributed by atoms with Crippen LogP contribution in [0.15, 0.2) is 46.9 Å². The van der Waals surface area contributed by atoms with Gasteiger partial charge in [-0.3, -0.25) is 0 Å². The first-order chi connectivity index (χ1) is 10.3. The minimum atomic E-state index is 0.399. The van der Waals surface area contributed by atoms with E-state index in [0.29, 0.717) is 6.04 Å².